The third-order valence-corrected chi connectivity index (χ3v) is 2.40. The highest BCUT2D eigenvalue weighted by Gasteiger charge is 2.17. The van der Waals surface area contributed by atoms with Crippen LogP contribution >= 0.6 is 11.6 Å². The zero-order chi connectivity index (χ0) is 10.1. The molecule has 70 valence electrons. The minimum absolute atomic E-state index is 0.251. The molecular weight excluding hydrogens is 200 g/mol. The van der Waals surface area contributed by atoms with E-state index in [1.807, 2.05) is 18.2 Å². The summed E-state index contributed by atoms with van der Waals surface area (Å²) in [4.78, 5) is 10.9. The van der Waals surface area contributed by atoms with Crippen LogP contribution in [0.5, 0.6) is 0 Å². The molecule has 2 rings (SSSR count). The predicted molar refractivity (Wildman–Crippen MR) is 55.0 cm³/mol. The molecule has 0 unspecified atom stereocenters. The fraction of sp³-hybridized carbons (Fsp3) is 0. The van der Waals surface area contributed by atoms with E-state index in [9.17, 15) is 4.79 Å². The minimum atomic E-state index is -0.951. The molecule has 0 saturated carbocycles. The van der Waals surface area contributed by atoms with E-state index in [1.165, 1.54) is 6.07 Å². The maximum absolute atomic E-state index is 10.9. The molecule has 0 aromatic rings. The second kappa shape index (κ2) is 3.31. The fourth-order valence-electron chi connectivity index (χ4n) is 1.45. The van der Waals surface area contributed by atoms with Gasteiger partial charge in [0.2, 0.25) is 0 Å². The molecule has 0 heterocycles. The summed E-state index contributed by atoms with van der Waals surface area (Å²) in [5, 5.41) is 9.40. The highest BCUT2D eigenvalue weighted by molar-refractivity contribution is 6.34. The van der Waals surface area contributed by atoms with Gasteiger partial charge in [-0.25, -0.2) is 4.79 Å². The lowest BCUT2D eigenvalue weighted by Crippen LogP contribution is -1.94. The highest BCUT2D eigenvalue weighted by atomic mass is 35.5. The molecule has 0 aromatic heterocycles. The van der Waals surface area contributed by atoms with Gasteiger partial charge >= 0.3 is 5.97 Å². The van der Waals surface area contributed by atoms with Gasteiger partial charge in [-0.15, -0.1) is 0 Å². The molecule has 2 aliphatic rings. The van der Waals surface area contributed by atoms with Crippen molar-refractivity contribution in [2.45, 2.75) is 0 Å². The van der Waals surface area contributed by atoms with Crippen LogP contribution < -0.4 is 0 Å². The Bertz CT molecular complexity index is 465. The molecule has 0 radical (unpaired) electrons. The van der Waals surface area contributed by atoms with Crippen molar-refractivity contribution in [2.75, 3.05) is 0 Å². The minimum Gasteiger partial charge on any atom is -0.478 e. The van der Waals surface area contributed by atoms with Crippen molar-refractivity contribution in [3.63, 3.8) is 0 Å². The van der Waals surface area contributed by atoms with E-state index >= 15 is 0 Å². The van der Waals surface area contributed by atoms with E-state index in [4.69, 9.17) is 16.7 Å². The van der Waals surface area contributed by atoms with Gasteiger partial charge in [-0.3, -0.25) is 0 Å². The Morgan fingerprint density at radius 2 is 1.79 bits per heavy atom. The number of aromatic carboxylic acids is 1. The normalized spacial score (nSPS) is 10.4. The molecule has 3 heteroatoms. The quantitative estimate of drug-likeness (QED) is 0.778. The first-order valence-electron chi connectivity index (χ1n) is 4.10. The summed E-state index contributed by atoms with van der Waals surface area (Å²) in [6.45, 7) is 0. The van der Waals surface area contributed by atoms with E-state index in [0.717, 1.165) is 5.56 Å². The monoisotopic (exact) mass is 206 g/mol. The van der Waals surface area contributed by atoms with Gasteiger partial charge in [0, 0.05) is 10.6 Å². The van der Waals surface area contributed by atoms with Crippen molar-refractivity contribution in [1.29, 1.82) is 0 Å². The molecule has 0 amide bonds. The van der Waals surface area contributed by atoms with Gasteiger partial charge in [0.05, 0.1) is 5.56 Å². The van der Waals surface area contributed by atoms with E-state index in [-0.39, 0.29) is 5.56 Å². The Morgan fingerprint density at radius 1 is 1.14 bits per heavy atom. The average Bonchev–Trinajstić information content (AvgIpc) is 2.38. The van der Waals surface area contributed by atoms with E-state index in [1.54, 1.807) is 12.1 Å². The van der Waals surface area contributed by atoms with Crippen LogP contribution in [0.2, 0.25) is 5.02 Å². The van der Waals surface area contributed by atoms with Crippen LogP contribution in [0.4, 0.5) is 0 Å². The molecule has 0 aromatic carbocycles. The third kappa shape index (κ3) is 1.34. The van der Waals surface area contributed by atoms with Gasteiger partial charge < -0.3 is 5.11 Å². The molecule has 0 bridgehead atoms. The standard InChI is InChI=1S/C11H7ClO2/c12-10-6-9(11(13)14)7-4-2-1-3-5-8(7)10/h1-6H,(H,13,14). The summed E-state index contributed by atoms with van der Waals surface area (Å²) in [7, 11) is 0. The average molecular weight is 207 g/mol. The lowest BCUT2D eigenvalue weighted by molar-refractivity contribution is 0.0698. The van der Waals surface area contributed by atoms with Crippen LogP contribution in [-0.2, 0) is 0 Å². The number of halogens is 1. The molecule has 0 atom stereocenters. The van der Waals surface area contributed by atoms with Gasteiger partial charge in [0.25, 0.3) is 0 Å². The summed E-state index contributed by atoms with van der Waals surface area (Å²) in [6, 6.07) is 10.5. The zero-order valence-electron chi connectivity index (χ0n) is 7.20. The fourth-order valence-corrected chi connectivity index (χ4v) is 1.72. The predicted octanol–water partition coefficient (Wildman–Crippen LogP) is 3.14. The molecule has 0 spiro atoms. The van der Waals surface area contributed by atoms with E-state index in [0.29, 0.717) is 10.6 Å². The van der Waals surface area contributed by atoms with E-state index < -0.39 is 5.97 Å². The number of carbonyl (C=O) groups is 1. The Balaban J connectivity index is 2.76. The Kier molecular flexibility index (Phi) is 2.14. The number of rotatable bonds is 1. The Morgan fingerprint density at radius 3 is 2.43 bits per heavy atom. The number of hydrogen-bond donors (Lipinski definition) is 1. The van der Waals surface area contributed by atoms with Crippen molar-refractivity contribution in [3.8, 4) is 11.1 Å². The first kappa shape index (κ1) is 9.03. The molecule has 2 aliphatic carbocycles. The number of fused-ring (bicyclic) bond motifs is 1. The summed E-state index contributed by atoms with van der Waals surface area (Å²) in [5.41, 5.74) is 1.70. The number of carboxylic acid groups (broad SMARTS) is 1. The van der Waals surface area contributed by atoms with Gasteiger partial charge in [-0.1, -0.05) is 41.9 Å². The molecular formula is C11H7ClO2. The second-order valence-electron chi connectivity index (χ2n) is 2.95. The van der Waals surface area contributed by atoms with Crippen LogP contribution in [0.3, 0.4) is 0 Å². The Hall–Kier alpha value is -1.54. The molecule has 14 heavy (non-hydrogen) atoms. The number of hydrogen-bond acceptors (Lipinski definition) is 1. The summed E-state index contributed by atoms with van der Waals surface area (Å²) in [5.74, 6) is -0.951. The van der Waals surface area contributed by atoms with Gasteiger partial charge in [0.15, 0.2) is 0 Å². The topological polar surface area (TPSA) is 37.3 Å². The van der Waals surface area contributed by atoms with Crippen molar-refractivity contribution >= 4 is 17.6 Å². The molecule has 2 nitrogen and oxygen atoms in total. The molecule has 0 fully saturated rings. The first-order chi connectivity index (χ1) is 6.70. The number of carboxylic acids is 1. The lowest BCUT2D eigenvalue weighted by atomic mass is 10.1. The summed E-state index contributed by atoms with van der Waals surface area (Å²) in [6.07, 6.45) is 0. The lowest BCUT2D eigenvalue weighted by Gasteiger charge is -1.94. The van der Waals surface area contributed by atoms with Gasteiger partial charge in [-0.05, 0) is 11.6 Å². The second-order valence-corrected chi connectivity index (χ2v) is 3.36. The zero-order valence-corrected chi connectivity index (χ0v) is 7.95. The summed E-state index contributed by atoms with van der Waals surface area (Å²) < 4.78 is 0. The molecule has 0 saturated heterocycles. The van der Waals surface area contributed by atoms with E-state index in [2.05, 4.69) is 0 Å². The largest absolute Gasteiger partial charge is 0.478 e. The van der Waals surface area contributed by atoms with Crippen LogP contribution in [0.25, 0.3) is 11.1 Å². The van der Waals surface area contributed by atoms with Crippen molar-refractivity contribution in [2.24, 2.45) is 0 Å². The maximum Gasteiger partial charge on any atom is 0.336 e. The SMILES string of the molecule is O=C(O)c1cc(Cl)c2cccccc1-2. The van der Waals surface area contributed by atoms with Crippen molar-refractivity contribution in [1.82, 2.24) is 0 Å². The molecule has 0 aliphatic heterocycles. The van der Waals surface area contributed by atoms with Crippen LogP contribution in [0.15, 0.2) is 36.4 Å². The van der Waals surface area contributed by atoms with Crippen LogP contribution in [-0.4, -0.2) is 11.1 Å². The Labute approximate surface area is 86.1 Å². The summed E-state index contributed by atoms with van der Waals surface area (Å²) >= 11 is 5.92. The van der Waals surface area contributed by atoms with Crippen molar-refractivity contribution < 1.29 is 9.90 Å². The van der Waals surface area contributed by atoms with Crippen molar-refractivity contribution in [3.05, 3.63) is 47.0 Å². The smallest absolute Gasteiger partial charge is 0.336 e. The van der Waals surface area contributed by atoms with Crippen LogP contribution in [0, 0.1) is 0 Å². The maximum atomic E-state index is 10.9. The van der Waals surface area contributed by atoms with Gasteiger partial charge in [0.1, 0.15) is 0 Å². The van der Waals surface area contributed by atoms with Gasteiger partial charge in [-0.2, -0.15) is 0 Å². The highest BCUT2D eigenvalue weighted by Crippen LogP contribution is 2.34. The first-order valence-corrected chi connectivity index (χ1v) is 4.48. The third-order valence-electron chi connectivity index (χ3n) is 2.09. The molecule has 1 N–H and O–H groups in total. The van der Waals surface area contributed by atoms with Crippen LogP contribution in [0.1, 0.15) is 10.4 Å².